The molecule has 4 nitrogen and oxygen atoms in total. The Bertz CT molecular complexity index is 492. The highest BCUT2D eigenvalue weighted by Gasteiger charge is 2.34. The first-order chi connectivity index (χ1) is 9.52. The maximum Gasteiger partial charge on any atom is 0.257 e. The Morgan fingerprint density at radius 2 is 2.30 bits per heavy atom. The SMILES string of the molecule is CCCNc1ncc(Br)cc1C(=O)N(C)CC1CC1C. The van der Waals surface area contributed by atoms with Crippen molar-refractivity contribution in [3.05, 3.63) is 22.3 Å². The molecule has 2 rings (SSSR count). The molecule has 1 saturated carbocycles. The van der Waals surface area contributed by atoms with Crippen molar-refractivity contribution in [2.24, 2.45) is 11.8 Å². The maximum absolute atomic E-state index is 12.6. The van der Waals surface area contributed by atoms with E-state index in [1.54, 1.807) is 6.20 Å². The van der Waals surface area contributed by atoms with E-state index < -0.39 is 0 Å². The maximum atomic E-state index is 12.6. The van der Waals surface area contributed by atoms with E-state index in [1.165, 1.54) is 6.42 Å². The first-order valence-electron chi connectivity index (χ1n) is 7.17. The van der Waals surface area contributed by atoms with Crippen molar-refractivity contribution in [3.63, 3.8) is 0 Å². The molecular weight excluding hydrogens is 318 g/mol. The van der Waals surface area contributed by atoms with Gasteiger partial charge in [-0.3, -0.25) is 4.79 Å². The Hall–Kier alpha value is -1.10. The fraction of sp³-hybridized carbons (Fsp3) is 0.600. The second-order valence-corrected chi connectivity index (χ2v) is 6.55. The van der Waals surface area contributed by atoms with Crippen LogP contribution in [0.25, 0.3) is 0 Å². The van der Waals surface area contributed by atoms with Crippen LogP contribution in [-0.4, -0.2) is 35.9 Å². The van der Waals surface area contributed by atoms with Gasteiger partial charge < -0.3 is 10.2 Å². The smallest absolute Gasteiger partial charge is 0.257 e. The molecule has 1 aromatic rings. The topological polar surface area (TPSA) is 45.2 Å². The van der Waals surface area contributed by atoms with Gasteiger partial charge in [0, 0.05) is 30.8 Å². The Morgan fingerprint density at radius 3 is 2.90 bits per heavy atom. The summed E-state index contributed by atoms with van der Waals surface area (Å²) in [5.41, 5.74) is 0.642. The number of carbonyl (C=O) groups excluding carboxylic acids is 1. The van der Waals surface area contributed by atoms with Crippen molar-refractivity contribution < 1.29 is 4.79 Å². The zero-order valence-corrected chi connectivity index (χ0v) is 13.9. The quantitative estimate of drug-likeness (QED) is 0.863. The van der Waals surface area contributed by atoms with E-state index in [0.717, 1.165) is 29.9 Å². The van der Waals surface area contributed by atoms with Crippen molar-refractivity contribution in [2.45, 2.75) is 26.7 Å². The van der Waals surface area contributed by atoms with Gasteiger partial charge in [-0.2, -0.15) is 0 Å². The number of hydrogen-bond acceptors (Lipinski definition) is 3. The summed E-state index contributed by atoms with van der Waals surface area (Å²) in [4.78, 5) is 18.7. The van der Waals surface area contributed by atoms with Crippen LogP contribution in [0.15, 0.2) is 16.7 Å². The second-order valence-electron chi connectivity index (χ2n) is 5.64. The fourth-order valence-corrected chi connectivity index (χ4v) is 2.61. The normalized spacial score (nSPS) is 20.6. The van der Waals surface area contributed by atoms with Crippen LogP contribution in [0.5, 0.6) is 0 Å². The van der Waals surface area contributed by atoms with E-state index in [4.69, 9.17) is 0 Å². The molecule has 2 unspecified atom stereocenters. The predicted octanol–water partition coefficient (Wildman–Crippen LogP) is 3.39. The van der Waals surface area contributed by atoms with Crippen LogP contribution < -0.4 is 5.32 Å². The Balaban J connectivity index is 2.12. The molecule has 5 heteroatoms. The third-order valence-corrected chi connectivity index (χ3v) is 4.19. The molecule has 0 aromatic carbocycles. The van der Waals surface area contributed by atoms with Gasteiger partial charge in [0.2, 0.25) is 0 Å². The van der Waals surface area contributed by atoms with Gasteiger partial charge in [-0.15, -0.1) is 0 Å². The third kappa shape index (κ3) is 3.72. The number of aromatic nitrogens is 1. The van der Waals surface area contributed by atoms with Gasteiger partial charge in [-0.25, -0.2) is 4.98 Å². The molecular formula is C15H22BrN3O. The molecule has 0 bridgehead atoms. The van der Waals surface area contributed by atoms with Crippen LogP contribution in [0.3, 0.4) is 0 Å². The first kappa shape index (κ1) is 15.3. The highest BCUT2D eigenvalue weighted by atomic mass is 79.9. The average Bonchev–Trinajstić information content (AvgIpc) is 3.11. The van der Waals surface area contributed by atoms with Gasteiger partial charge in [0.25, 0.3) is 5.91 Å². The zero-order chi connectivity index (χ0) is 14.7. The van der Waals surface area contributed by atoms with Gasteiger partial charge in [-0.05, 0) is 46.7 Å². The Morgan fingerprint density at radius 1 is 1.60 bits per heavy atom. The summed E-state index contributed by atoms with van der Waals surface area (Å²) < 4.78 is 0.830. The second kappa shape index (κ2) is 6.57. The molecule has 1 aliphatic rings. The minimum absolute atomic E-state index is 0.0384. The van der Waals surface area contributed by atoms with Crippen LogP contribution in [0, 0.1) is 11.8 Å². The summed E-state index contributed by atoms with van der Waals surface area (Å²) in [6, 6.07) is 1.85. The molecule has 1 heterocycles. The fourth-order valence-electron chi connectivity index (χ4n) is 2.28. The van der Waals surface area contributed by atoms with Gasteiger partial charge in [0.15, 0.2) is 0 Å². The number of amides is 1. The van der Waals surface area contributed by atoms with Crippen molar-refractivity contribution >= 4 is 27.7 Å². The van der Waals surface area contributed by atoms with Crippen LogP contribution >= 0.6 is 15.9 Å². The van der Waals surface area contributed by atoms with E-state index in [-0.39, 0.29) is 5.91 Å². The van der Waals surface area contributed by atoms with Crippen molar-refractivity contribution in [1.82, 2.24) is 9.88 Å². The summed E-state index contributed by atoms with van der Waals surface area (Å²) in [6.45, 7) is 5.98. The number of nitrogens with zero attached hydrogens (tertiary/aromatic N) is 2. The number of pyridine rings is 1. The van der Waals surface area contributed by atoms with Crippen LogP contribution in [0.1, 0.15) is 37.0 Å². The minimum Gasteiger partial charge on any atom is -0.369 e. The first-order valence-corrected chi connectivity index (χ1v) is 7.97. The number of nitrogens with one attached hydrogen (secondary N) is 1. The van der Waals surface area contributed by atoms with Crippen LogP contribution in [0.4, 0.5) is 5.82 Å². The number of halogens is 1. The van der Waals surface area contributed by atoms with E-state index >= 15 is 0 Å². The minimum atomic E-state index is 0.0384. The van der Waals surface area contributed by atoms with Gasteiger partial charge >= 0.3 is 0 Å². The standard InChI is InChI=1S/C15H22BrN3O/c1-4-5-17-14-13(7-12(16)8-18-14)15(20)19(3)9-11-6-10(11)2/h7-8,10-11H,4-6,9H2,1-3H3,(H,17,18). The Kier molecular flexibility index (Phi) is 5.02. The van der Waals surface area contributed by atoms with Crippen LogP contribution in [-0.2, 0) is 0 Å². The number of hydrogen-bond donors (Lipinski definition) is 1. The lowest BCUT2D eigenvalue weighted by molar-refractivity contribution is 0.0787. The van der Waals surface area contributed by atoms with Gasteiger partial charge in [0.1, 0.15) is 5.82 Å². The summed E-state index contributed by atoms with van der Waals surface area (Å²) in [6.07, 6.45) is 3.95. The lowest BCUT2D eigenvalue weighted by atomic mass is 10.2. The van der Waals surface area contributed by atoms with Crippen LogP contribution in [0.2, 0.25) is 0 Å². The lowest BCUT2D eigenvalue weighted by Gasteiger charge is -2.19. The lowest BCUT2D eigenvalue weighted by Crippen LogP contribution is -2.30. The molecule has 0 spiro atoms. The van der Waals surface area contributed by atoms with E-state index in [1.807, 2.05) is 18.0 Å². The van der Waals surface area contributed by atoms with Gasteiger partial charge in [0.05, 0.1) is 5.56 Å². The zero-order valence-electron chi connectivity index (χ0n) is 12.3. The molecule has 1 aromatic heterocycles. The molecule has 20 heavy (non-hydrogen) atoms. The number of carbonyl (C=O) groups is 1. The molecule has 1 aliphatic carbocycles. The van der Waals surface area contributed by atoms with Crippen molar-refractivity contribution in [2.75, 3.05) is 25.5 Å². The highest BCUT2D eigenvalue weighted by molar-refractivity contribution is 9.10. The molecule has 0 aliphatic heterocycles. The largest absolute Gasteiger partial charge is 0.369 e. The molecule has 1 N–H and O–H groups in total. The Labute approximate surface area is 129 Å². The molecule has 1 fully saturated rings. The van der Waals surface area contributed by atoms with Gasteiger partial charge in [-0.1, -0.05) is 13.8 Å². The van der Waals surface area contributed by atoms with E-state index in [0.29, 0.717) is 17.3 Å². The number of rotatable bonds is 6. The van der Waals surface area contributed by atoms with Crippen molar-refractivity contribution in [1.29, 1.82) is 0 Å². The summed E-state index contributed by atoms with van der Waals surface area (Å²) in [7, 11) is 1.87. The highest BCUT2D eigenvalue weighted by Crippen LogP contribution is 2.38. The molecule has 1 amide bonds. The third-order valence-electron chi connectivity index (χ3n) is 3.76. The monoisotopic (exact) mass is 339 g/mol. The van der Waals surface area contributed by atoms with E-state index in [9.17, 15) is 4.79 Å². The average molecular weight is 340 g/mol. The number of anilines is 1. The van der Waals surface area contributed by atoms with E-state index in [2.05, 4.69) is 40.1 Å². The molecule has 0 radical (unpaired) electrons. The molecule has 110 valence electrons. The predicted molar refractivity (Wildman–Crippen MR) is 84.9 cm³/mol. The summed E-state index contributed by atoms with van der Waals surface area (Å²) in [5.74, 6) is 2.13. The summed E-state index contributed by atoms with van der Waals surface area (Å²) >= 11 is 3.39. The van der Waals surface area contributed by atoms with Crippen molar-refractivity contribution in [3.8, 4) is 0 Å². The summed E-state index contributed by atoms with van der Waals surface area (Å²) in [5, 5.41) is 3.22. The molecule has 0 saturated heterocycles. The molecule has 2 atom stereocenters.